The lowest BCUT2D eigenvalue weighted by Gasteiger charge is -2.15. The van der Waals surface area contributed by atoms with Crippen LogP contribution in [-0.4, -0.2) is 37.2 Å². The predicted octanol–water partition coefficient (Wildman–Crippen LogP) is 1.24. The number of hydrogen-bond acceptors (Lipinski definition) is 5. The number of ether oxygens (including phenoxy) is 1. The normalized spacial score (nSPS) is 9.82. The molecule has 0 saturated heterocycles. The molecule has 7 heteroatoms. The number of carbonyl (C=O) groups is 1. The van der Waals surface area contributed by atoms with Crippen LogP contribution in [0.25, 0.3) is 0 Å². The van der Waals surface area contributed by atoms with Gasteiger partial charge in [0.15, 0.2) is 0 Å². The Morgan fingerprint density at radius 1 is 1.41 bits per heavy atom. The molecule has 0 radical (unpaired) electrons. The Morgan fingerprint density at radius 2 is 2.06 bits per heavy atom. The van der Waals surface area contributed by atoms with Gasteiger partial charge in [0.1, 0.15) is 0 Å². The summed E-state index contributed by atoms with van der Waals surface area (Å²) in [5, 5.41) is 11.7. The summed E-state index contributed by atoms with van der Waals surface area (Å²) in [6.45, 7) is 0. The van der Waals surface area contributed by atoms with E-state index in [0.29, 0.717) is 0 Å². The minimum absolute atomic E-state index is 0.0750. The molecule has 0 atom stereocenters. The summed E-state index contributed by atoms with van der Waals surface area (Å²) < 4.78 is 4.91. The van der Waals surface area contributed by atoms with E-state index in [1.54, 1.807) is 0 Å². The fourth-order valence-electron chi connectivity index (χ4n) is 1.30. The van der Waals surface area contributed by atoms with Gasteiger partial charge in [-0.3, -0.25) is 19.7 Å². The van der Waals surface area contributed by atoms with Crippen molar-refractivity contribution in [2.75, 3.05) is 21.3 Å². The van der Waals surface area contributed by atoms with Crippen LogP contribution in [0.15, 0.2) is 18.2 Å². The first-order chi connectivity index (χ1) is 8.02. The lowest BCUT2D eigenvalue weighted by molar-refractivity contribution is -0.385. The summed E-state index contributed by atoms with van der Waals surface area (Å²) in [5.74, 6) is -0.598. The van der Waals surface area contributed by atoms with Gasteiger partial charge in [-0.15, -0.1) is 0 Å². The van der Waals surface area contributed by atoms with E-state index in [1.807, 2.05) is 0 Å². The second-order valence-corrected chi connectivity index (χ2v) is 3.10. The molecule has 0 aliphatic carbocycles. The molecule has 0 N–H and O–H groups in total. The van der Waals surface area contributed by atoms with Gasteiger partial charge in [0, 0.05) is 13.1 Å². The summed E-state index contributed by atoms with van der Waals surface area (Å²) in [6.07, 6.45) is 0. The highest BCUT2D eigenvalue weighted by atomic mass is 16.7. The van der Waals surface area contributed by atoms with Crippen LogP contribution in [-0.2, 0) is 4.84 Å². The van der Waals surface area contributed by atoms with Gasteiger partial charge >= 0.3 is 5.69 Å². The van der Waals surface area contributed by atoms with E-state index < -0.39 is 10.8 Å². The van der Waals surface area contributed by atoms with Gasteiger partial charge in [0.25, 0.3) is 5.91 Å². The molecule has 1 amide bonds. The Morgan fingerprint density at radius 3 is 2.53 bits per heavy atom. The molecule has 0 aliphatic rings. The standard InChI is InChI=1S/C10H12N2O5/c1-11(17-3)10(13)7-5-4-6-8(12(14)15)9(7)16-2/h4-6H,1-3H3. The molecular weight excluding hydrogens is 228 g/mol. The van der Waals surface area contributed by atoms with Crippen molar-refractivity contribution >= 4 is 11.6 Å². The molecule has 1 rings (SSSR count). The molecule has 17 heavy (non-hydrogen) atoms. The van der Waals surface area contributed by atoms with Crippen molar-refractivity contribution in [2.45, 2.75) is 0 Å². The quantitative estimate of drug-likeness (QED) is 0.584. The minimum atomic E-state index is -0.609. The zero-order valence-corrected chi connectivity index (χ0v) is 9.67. The van der Waals surface area contributed by atoms with E-state index in [0.717, 1.165) is 5.06 Å². The molecule has 0 fully saturated rings. The van der Waals surface area contributed by atoms with Gasteiger partial charge in [0.2, 0.25) is 5.75 Å². The highest BCUT2D eigenvalue weighted by Gasteiger charge is 2.24. The lowest BCUT2D eigenvalue weighted by atomic mass is 10.1. The third-order valence-corrected chi connectivity index (χ3v) is 2.19. The van der Waals surface area contributed by atoms with Crippen molar-refractivity contribution in [3.05, 3.63) is 33.9 Å². The monoisotopic (exact) mass is 240 g/mol. The van der Waals surface area contributed by atoms with Crippen LogP contribution in [0.1, 0.15) is 10.4 Å². The second kappa shape index (κ2) is 5.26. The van der Waals surface area contributed by atoms with Crippen molar-refractivity contribution in [3.8, 4) is 5.75 Å². The van der Waals surface area contributed by atoms with Crippen LogP contribution in [0.4, 0.5) is 5.69 Å². The van der Waals surface area contributed by atoms with Crippen molar-refractivity contribution < 1.29 is 19.3 Å². The first-order valence-electron chi connectivity index (χ1n) is 4.66. The third-order valence-electron chi connectivity index (χ3n) is 2.19. The van der Waals surface area contributed by atoms with Crippen LogP contribution < -0.4 is 4.74 Å². The molecule has 0 saturated carbocycles. The summed E-state index contributed by atoms with van der Waals surface area (Å²) in [4.78, 5) is 26.7. The predicted molar refractivity (Wildman–Crippen MR) is 58.8 cm³/mol. The number of hydroxylamine groups is 2. The Balaban J connectivity index is 3.29. The molecule has 0 aliphatic heterocycles. The third kappa shape index (κ3) is 2.51. The van der Waals surface area contributed by atoms with Crippen molar-refractivity contribution in [1.29, 1.82) is 0 Å². The minimum Gasteiger partial charge on any atom is -0.490 e. The van der Waals surface area contributed by atoms with E-state index in [2.05, 4.69) is 0 Å². The summed E-state index contributed by atoms with van der Waals surface area (Å²) in [5.41, 5.74) is -0.186. The number of nitro groups is 1. The molecule has 7 nitrogen and oxygen atoms in total. The zero-order valence-electron chi connectivity index (χ0n) is 9.67. The molecule has 0 spiro atoms. The van der Waals surface area contributed by atoms with Crippen LogP contribution in [0.3, 0.4) is 0 Å². The SMILES string of the molecule is COc1c(C(=O)N(C)OC)cccc1[N+](=O)[O-]. The summed E-state index contributed by atoms with van der Waals surface area (Å²) in [6, 6.07) is 4.11. The van der Waals surface area contributed by atoms with E-state index >= 15 is 0 Å². The highest BCUT2D eigenvalue weighted by Crippen LogP contribution is 2.31. The second-order valence-electron chi connectivity index (χ2n) is 3.10. The Hall–Kier alpha value is -2.15. The molecular formula is C10H12N2O5. The number of amides is 1. The van der Waals surface area contributed by atoms with Gasteiger partial charge in [-0.25, -0.2) is 5.06 Å². The van der Waals surface area contributed by atoms with Crippen LogP contribution >= 0.6 is 0 Å². The number of benzene rings is 1. The maximum Gasteiger partial charge on any atom is 0.311 e. The lowest BCUT2D eigenvalue weighted by Crippen LogP contribution is -2.25. The average molecular weight is 240 g/mol. The summed E-state index contributed by atoms with van der Waals surface area (Å²) >= 11 is 0. The number of nitro benzene ring substituents is 1. The molecule has 0 aromatic heterocycles. The largest absolute Gasteiger partial charge is 0.490 e. The van der Waals surface area contributed by atoms with Crippen LogP contribution in [0.2, 0.25) is 0 Å². The number of carbonyl (C=O) groups excluding carboxylic acids is 1. The molecule has 0 bridgehead atoms. The first-order valence-corrected chi connectivity index (χ1v) is 4.66. The molecule has 1 aromatic carbocycles. The van der Waals surface area contributed by atoms with Gasteiger partial charge < -0.3 is 4.74 Å². The van der Waals surface area contributed by atoms with Gasteiger partial charge in [0.05, 0.1) is 24.7 Å². The summed E-state index contributed by atoms with van der Waals surface area (Å²) in [7, 11) is 3.99. The number of rotatable bonds is 4. The molecule has 1 aromatic rings. The van der Waals surface area contributed by atoms with Gasteiger partial charge in [-0.1, -0.05) is 6.07 Å². The van der Waals surface area contributed by atoms with Crippen molar-refractivity contribution in [3.63, 3.8) is 0 Å². The van der Waals surface area contributed by atoms with Crippen LogP contribution in [0.5, 0.6) is 5.75 Å². The maximum atomic E-state index is 11.8. The van der Waals surface area contributed by atoms with Crippen molar-refractivity contribution in [2.24, 2.45) is 0 Å². The fourth-order valence-corrected chi connectivity index (χ4v) is 1.30. The average Bonchev–Trinajstić information content (AvgIpc) is 2.35. The Kier molecular flexibility index (Phi) is 4.00. The molecule has 0 unspecified atom stereocenters. The van der Waals surface area contributed by atoms with Gasteiger partial charge in [-0.05, 0) is 6.07 Å². The first kappa shape index (κ1) is 12.9. The number of hydrogen-bond donors (Lipinski definition) is 0. The van der Waals surface area contributed by atoms with E-state index in [1.165, 1.54) is 39.5 Å². The van der Waals surface area contributed by atoms with Crippen LogP contribution in [0, 0.1) is 10.1 Å². The topological polar surface area (TPSA) is 81.9 Å². The maximum absolute atomic E-state index is 11.8. The smallest absolute Gasteiger partial charge is 0.311 e. The number of para-hydroxylation sites is 1. The van der Waals surface area contributed by atoms with E-state index in [-0.39, 0.29) is 17.0 Å². The Labute approximate surface area is 97.6 Å². The number of methoxy groups -OCH3 is 1. The fraction of sp³-hybridized carbons (Fsp3) is 0.300. The highest BCUT2D eigenvalue weighted by molar-refractivity contribution is 5.97. The van der Waals surface area contributed by atoms with E-state index in [9.17, 15) is 14.9 Å². The van der Waals surface area contributed by atoms with Crippen molar-refractivity contribution in [1.82, 2.24) is 5.06 Å². The molecule has 92 valence electrons. The van der Waals surface area contributed by atoms with Gasteiger partial charge in [-0.2, -0.15) is 0 Å². The molecule has 0 heterocycles. The Bertz CT molecular complexity index is 446. The number of nitrogens with zero attached hydrogens (tertiary/aromatic N) is 2. The zero-order chi connectivity index (χ0) is 13.0. The van der Waals surface area contributed by atoms with E-state index in [4.69, 9.17) is 9.57 Å².